The monoisotopic (exact) mass is 235 g/mol. The van der Waals surface area contributed by atoms with Gasteiger partial charge < -0.3 is 10.7 Å². The van der Waals surface area contributed by atoms with Gasteiger partial charge in [0.2, 0.25) is 4.77 Å². The number of hydrogen-bond acceptors (Lipinski definition) is 4. The third-order valence-electron chi connectivity index (χ3n) is 2.35. The smallest absolute Gasteiger partial charge is 0.214 e. The summed E-state index contributed by atoms with van der Waals surface area (Å²) in [6, 6.07) is 7.94. The lowest BCUT2D eigenvalue weighted by molar-refractivity contribution is 0.984. The average Bonchev–Trinajstić information content (AvgIpc) is 2.60. The first kappa shape index (κ1) is 10.7. The molecule has 84 valence electrons. The molecule has 0 fully saturated rings. The van der Waals surface area contributed by atoms with Gasteiger partial charge in [-0.1, -0.05) is 0 Å². The van der Waals surface area contributed by atoms with Crippen LogP contribution in [0.1, 0.15) is 0 Å². The second kappa shape index (κ2) is 3.97. The molecular weight excluding hydrogens is 222 g/mol. The van der Waals surface area contributed by atoms with Crippen LogP contribution in [-0.2, 0) is 0 Å². The topological polar surface area (TPSA) is 62.9 Å². The van der Waals surface area contributed by atoms with E-state index < -0.39 is 0 Å². The first-order chi connectivity index (χ1) is 7.59. The van der Waals surface area contributed by atoms with E-state index in [-0.39, 0.29) is 0 Å². The van der Waals surface area contributed by atoms with Crippen molar-refractivity contribution in [2.24, 2.45) is 0 Å². The molecule has 0 unspecified atom stereocenters. The number of nitrogens with one attached hydrogen (secondary N) is 1. The summed E-state index contributed by atoms with van der Waals surface area (Å²) >= 11 is 4.95. The standard InChI is InChI=1S/C10H13N5S/c1-14(2)8-5-3-7(4-6-8)9-12-13-10(16)15(9)11/h3-6H,11H2,1-2H3,(H,13,16). The number of rotatable bonds is 2. The first-order valence-electron chi connectivity index (χ1n) is 4.80. The third kappa shape index (κ3) is 1.79. The van der Waals surface area contributed by atoms with Gasteiger partial charge in [-0.25, -0.2) is 9.77 Å². The zero-order valence-corrected chi connectivity index (χ0v) is 9.95. The van der Waals surface area contributed by atoms with Crippen LogP contribution in [0.15, 0.2) is 24.3 Å². The molecule has 1 aromatic carbocycles. The van der Waals surface area contributed by atoms with E-state index in [4.69, 9.17) is 18.1 Å². The van der Waals surface area contributed by atoms with Crippen LogP contribution in [0.2, 0.25) is 0 Å². The Labute approximate surface area is 98.5 Å². The summed E-state index contributed by atoms with van der Waals surface area (Å²) in [5.74, 6) is 6.38. The summed E-state index contributed by atoms with van der Waals surface area (Å²) in [5, 5.41) is 6.72. The number of nitrogens with zero attached hydrogens (tertiary/aromatic N) is 3. The van der Waals surface area contributed by atoms with Crippen molar-refractivity contribution < 1.29 is 0 Å². The van der Waals surface area contributed by atoms with E-state index >= 15 is 0 Å². The molecule has 0 bridgehead atoms. The molecule has 2 rings (SSSR count). The number of nitrogens with two attached hydrogens (primary N) is 1. The second-order valence-electron chi connectivity index (χ2n) is 3.66. The fourth-order valence-electron chi connectivity index (χ4n) is 1.42. The van der Waals surface area contributed by atoms with E-state index in [0.29, 0.717) is 10.6 Å². The summed E-state index contributed by atoms with van der Waals surface area (Å²) in [6.45, 7) is 0. The Kier molecular flexibility index (Phi) is 2.66. The maximum Gasteiger partial charge on any atom is 0.214 e. The van der Waals surface area contributed by atoms with Crippen molar-refractivity contribution in [2.75, 3.05) is 24.8 Å². The summed E-state index contributed by atoms with van der Waals surface area (Å²) < 4.78 is 1.77. The predicted octanol–water partition coefficient (Wildman–Crippen LogP) is 1.39. The zero-order valence-electron chi connectivity index (χ0n) is 9.14. The number of nitrogen functional groups attached to an aromatic ring is 1. The number of hydrogen-bond donors (Lipinski definition) is 2. The van der Waals surface area contributed by atoms with E-state index in [1.54, 1.807) is 0 Å². The normalized spacial score (nSPS) is 10.4. The van der Waals surface area contributed by atoms with Gasteiger partial charge in [0, 0.05) is 25.3 Å². The average molecular weight is 235 g/mol. The Hall–Kier alpha value is -1.82. The number of H-pyrrole nitrogens is 1. The number of aromatic nitrogens is 3. The first-order valence-corrected chi connectivity index (χ1v) is 5.20. The van der Waals surface area contributed by atoms with Crippen molar-refractivity contribution in [1.82, 2.24) is 14.9 Å². The van der Waals surface area contributed by atoms with Crippen LogP contribution in [0.4, 0.5) is 5.69 Å². The van der Waals surface area contributed by atoms with Crippen molar-refractivity contribution in [3.05, 3.63) is 29.0 Å². The molecule has 1 heterocycles. The van der Waals surface area contributed by atoms with Crippen LogP contribution in [0.25, 0.3) is 11.4 Å². The van der Waals surface area contributed by atoms with Gasteiger partial charge in [0.15, 0.2) is 5.82 Å². The maximum absolute atomic E-state index is 5.74. The van der Waals surface area contributed by atoms with Crippen LogP contribution in [0, 0.1) is 4.77 Å². The molecule has 0 radical (unpaired) electrons. The SMILES string of the molecule is CN(C)c1ccc(-c2n[nH]c(=S)n2N)cc1. The van der Waals surface area contributed by atoms with Crippen LogP contribution in [-0.4, -0.2) is 29.0 Å². The number of anilines is 1. The number of benzene rings is 1. The lowest BCUT2D eigenvalue weighted by atomic mass is 10.2. The molecule has 2 aromatic rings. The zero-order chi connectivity index (χ0) is 11.7. The lowest BCUT2D eigenvalue weighted by Gasteiger charge is -2.12. The fourth-order valence-corrected chi connectivity index (χ4v) is 1.55. The molecular formula is C10H13N5S. The molecule has 5 nitrogen and oxygen atoms in total. The Morgan fingerprint density at radius 3 is 2.38 bits per heavy atom. The molecule has 0 saturated heterocycles. The molecule has 0 aliphatic heterocycles. The van der Waals surface area contributed by atoms with Gasteiger partial charge in [0.25, 0.3) is 0 Å². The van der Waals surface area contributed by atoms with E-state index in [0.717, 1.165) is 11.3 Å². The van der Waals surface area contributed by atoms with Gasteiger partial charge in [0.1, 0.15) is 0 Å². The van der Waals surface area contributed by atoms with Crippen LogP contribution in [0.3, 0.4) is 0 Å². The van der Waals surface area contributed by atoms with Gasteiger partial charge in [0.05, 0.1) is 0 Å². The van der Waals surface area contributed by atoms with Crippen molar-refractivity contribution in [3.8, 4) is 11.4 Å². The highest BCUT2D eigenvalue weighted by Gasteiger charge is 2.06. The summed E-state index contributed by atoms with van der Waals surface area (Å²) in [5.41, 5.74) is 2.06. The minimum atomic E-state index is 0.409. The minimum Gasteiger partial charge on any atom is -0.378 e. The van der Waals surface area contributed by atoms with E-state index in [1.807, 2.05) is 43.3 Å². The Bertz CT molecular complexity index is 537. The van der Waals surface area contributed by atoms with Gasteiger partial charge in [-0.2, -0.15) is 5.10 Å². The van der Waals surface area contributed by atoms with E-state index in [1.165, 1.54) is 4.68 Å². The highest BCUT2D eigenvalue weighted by Crippen LogP contribution is 2.19. The molecule has 0 amide bonds. The highest BCUT2D eigenvalue weighted by molar-refractivity contribution is 7.71. The van der Waals surface area contributed by atoms with E-state index in [9.17, 15) is 0 Å². The molecule has 0 atom stereocenters. The lowest BCUT2D eigenvalue weighted by Crippen LogP contribution is -2.10. The third-order valence-corrected chi connectivity index (χ3v) is 2.63. The highest BCUT2D eigenvalue weighted by atomic mass is 32.1. The fraction of sp³-hybridized carbons (Fsp3) is 0.200. The molecule has 0 aliphatic carbocycles. The van der Waals surface area contributed by atoms with Crippen molar-refractivity contribution in [2.45, 2.75) is 0 Å². The predicted molar refractivity (Wildman–Crippen MR) is 67.3 cm³/mol. The summed E-state index contributed by atoms with van der Waals surface area (Å²) in [6.07, 6.45) is 0. The minimum absolute atomic E-state index is 0.409. The van der Waals surface area contributed by atoms with Crippen LogP contribution in [0.5, 0.6) is 0 Å². The molecule has 0 saturated carbocycles. The Balaban J connectivity index is 2.42. The molecule has 3 N–H and O–H groups in total. The molecule has 6 heteroatoms. The summed E-state index contributed by atoms with van der Waals surface area (Å²) in [4.78, 5) is 2.03. The van der Waals surface area contributed by atoms with Gasteiger partial charge >= 0.3 is 0 Å². The molecule has 0 aliphatic rings. The van der Waals surface area contributed by atoms with Gasteiger partial charge in [-0.05, 0) is 36.5 Å². The molecule has 16 heavy (non-hydrogen) atoms. The van der Waals surface area contributed by atoms with Gasteiger partial charge in [-0.15, -0.1) is 0 Å². The van der Waals surface area contributed by atoms with E-state index in [2.05, 4.69) is 10.2 Å². The maximum atomic E-state index is 5.74. The largest absolute Gasteiger partial charge is 0.378 e. The summed E-state index contributed by atoms with van der Waals surface area (Å²) in [7, 11) is 3.99. The second-order valence-corrected chi connectivity index (χ2v) is 4.05. The quantitative estimate of drug-likeness (QED) is 0.610. The van der Waals surface area contributed by atoms with Crippen LogP contribution < -0.4 is 10.7 Å². The van der Waals surface area contributed by atoms with Gasteiger partial charge in [-0.3, -0.25) is 0 Å². The Morgan fingerprint density at radius 1 is 1.31 bits per heavy atom. The number of aromatic amines is 1. The molecule has 0 spiro atoms. The molecule has 1 aromatic heterocycles. The Morgan fingerprint density at radius 2 is 1.94 bits per heavy atom. The van der Waals surface area contributed by atoms with Crippen LogP contribution >= 0.6 is 12.2 Å². The van der Waals surface area contributed by atoms with Crippen molar-refractivity contribution in [1.29, 1.82) is 0 Å². The van der Waals surface area contributed by atoms with Crippen molar-refractivity contribution >= 4 is 17.9 Å². The van der Waals surface area contributed by atoms with Crippen molar-refractivity contribution in [3.63, 3.8) is 0 Å².